The average molecular weight is 287 g/mol. The Bertz CT molecular complexity index is 326. The van der Waals surface area contributed by atoms with Crippen LogP contribution in [0.3, 0.4) is 0 Å². The first-order valence-electron chi connectivity index (χ1n) is 6.98. The van der Waals surface area contributed by atoms with Crippen molar-refractivity contribution in [1.82, 2.24) is 10.2 Å². The Labute approximate surface area is 119 Å². The number of carbonyl (C=O) groups is 3. The van der Waals surface area contributed by atoms with Crippen LogP contribution in [0.2, 0.25) is 0 Å². The number of nitrogens with two attached hydrogens (primary N) is 1. The van der Waals surface area contributed by atoms with Crippen LogP contribution in [-0.2, 0) is 9.59 Å². The molecule has 0 aliphatic rings. The fourth-order valence-electron chi connectivity index (χ4n) is 1.65. The van der Waals surface area contributed by atoms with Crippen LogP contribution in [0.1, 0.15) is 46.0 Å². The third-order valence-electron chi connectivity index (χ3n) is 2.85. The first-order valence-corrected chi connectivity index (χ1v) is 6.98. The first kappa shape index (κ1) is 18.2. The first-order chi connectivity index (χ1) is 9.42. The molecule has 0 aliphatic heterocycles. The molecule has 0 aromatic rings. The molecule has 0 bridgehead atoms. The lowest BCUT2D eigenvalue weighted by molar-refractivity contribution is -0.140. The number of primary amides is 1. The Hall–Kier alpha value is -1.79. The number of hydrogen-bond donors (Lipinski definition) is 3. The van der Waals surface area contributed by atoms with Gasteiger partial charge in [0.25, 0.3) is 0 Å². The number of urea groups is 1. The fourth-order valence-corrected chi connectivity index (χ4v) is 1.65. The lowest BCUT2D eigenvalue weighted by Crippen LogP contribution is -2.49. The fraction of sp³-hybridized carbons (Fsp3) is 0.769. The molecule has 4 N–H and O–H groups in total. The van der Waals surface area contributed by atoms with E-state index in [1.54, 1.807) is 4.90 Å². The van der Waals surface area contributed by atoms with Crippen LogP contribution in [-0.4, -0.2) is 47.0 Å². The van der Waals surface area contributed by atoms with Gasteiger partial charge in [-0.1, -0.05) is 26.7 Å². The summed E-state index contributed by atoms with van der Waals surface area (Å²) in [6, 6.07) is -1.73. The minimum absolute atomic E-state index is 0.406. The number of amides is 3. The van der Waals surface area contributed by atoms with E-state index in [0.29, 0.717) is 13.1 Å². The highest BCUT2D eigenvalue weighted by Crippen LogP contribution is 2.02. The number of aliphatic carboxylic acids is 1. The lowest BCUT2D eigenvalue weighted by Gasteiger charge is -2.24. The Morgan fingerprint density at radius 2 is 1.65 bits per heavy atom. The van der Waals surface area contributed by atoms with E-state index in [2.05, 4.69) is 5.32 Å². The van der Waals surface area contributed by atoms with Gasteiger partial charge in [-0.2, -0.15) is 0 Å². The van der Waals surface area contributed by atoms with Gasteiger partial charge in [-0.3, -0.25) is 4.79 Å². The maximum absolute atomic E-state index is 12.1. The monoisotopic (exact) mass is 287 g/mol. The van der Waals surface area contributed by atoms with Crippen molar-refractivity contribution in [3.63, 3.8) is 0 Å². The quantitative estimate of drug-likeness (QED) is 0.554. The third kappa shape index (κ3) is 7.60. The zero-order valence-corrected chi connectivity index (χ0v) is 12.2. The van der Waals surface area contributed by atoms with Crippen LogP contribution in [0.15, 0.2) is 0 Å². The van der Waals surface area contributed by atoms with Gasteiger partial charge in [0.1, 0.15) is 6.04 Å². The molecule has 3 amide bonds. The zero-order chi connectivity index (χ0) is 15.5. The van der Waals surface area contributed by atoms with Crippen LogP contribution in [0.25, 0.3) is 0 Å². The van der Waals surface area contributed by atoms with Gasteiger partial charge in [0, 0.05) is 13.1 Å². The van der Waals surface area contributed by atoms with Crippen molar-refractivity contribution in [3.8, 4) is 0 Å². The molecule has 20 heavy (non-hydrogen) atoms. The lowest BCUT2D eigenvalue weighted by atomic mass is 10.2. The number of nitrogens with zero attached hydrogens (tertiary/aromatic N) is 1. The smallest absolute Gasteiger partial charge is 0.326 e. The highest BCUT2D eigenvalue weighted by atomic mass is 16.4. The average Bonchev–Trinajstić information content (AvgIpc) is 2.37. The molecule has 7 nitrogen and oxygen atoms in total. The molecule has 0 aromatic carbocycles. The molecular weight excluding hydrogens is 262 g/mol. The van der Waals surface area contributed by atoms with Crippen LogP contribution < -0.4 is 11.1 Å². The number of carboxylic acid groups (broad SMARTS) is 1. The summed E-state index contributed by atoms with van der Waals surface area (Å²) < 4.78 is 0. The van der Waals surface area contributed by atoms with Gasteiger partial charge < -0.3 is 21.1 Å². The summed E-state index contributed by atoms with van der Waals surface area (Å²) in [4.78, 5) is 35.4. The topological polar surface area (TPSA) is 113 Å². The van der Waals surface area contributed by atoms with Gasteiger partial charge in [0.15, 0.2) is 0 Å². The van der Waals surface area contributed by atoms with Crippen molar-refractivity contribution in [2.24, 2.45) is 5.73 Å². The van der Waals surface area contributed by atoms with Crippen molar-refractivity contribution in [3.05, 3.63) is 0 Å². The molecule has 0 radical (unpaired) electrons. The Kier molecular flexibility index (Phi) is 9.15. The molecule has 0 saturated carbocycles. The molecule has 0 aliphatic carbocycles. The third-order valence-corrected chi connectivity index (χ3v) is 2.85. The van der Waals surface area contributed by atoms with Crippen molar-refractivity contribution < 1.29 is 19.5 Å². The van der Waals surface area contributed by atoms with Gasteiger partial charge in [-0.25, -0.2) is 9.59 Å². The largest absolute Gasteiger partial charge is 0.480 e. The molecule has 0 fully saturated rings. The van der Waals surface area contributed by atoms with Crippen molar-refractivity contribution in [1.29, 1.82) is 0 Å². The Morgan fingerprint density at radius 1 is 1.15 bits per heavy atom. The van der Waals surface area contributed by atoms with Crippen LogP contribution >= 0.6 is 0 Å². The summed E-state index contributed by atoms with van der Waals surface area (Å²) in [5, 5.41) is 11.3. The number of nitrogens with one attached hydrogen (secondary N) is 1. The second-order valence-electron chi connectivity index (χ2n) is 4.70. The molecule has 0 heterocycles. The Morgan fingerprint density at radius 3 is 2.00 bits per heavy atom. The van der Waals surface area contributed by atoms with Gasteiger partial charge in [-0.05, 0) is 12.8 Å². The predicted octanol–water partition coefficient (Wildman–Crippen LogP) is 0.927. The number of unbranched alkanes of at least 4 members (excludes halogenated alkanes) is 2. The van der Waals surface area contributed by atoms with Gasteiger partial charge in [-0.15, -0.1) is 0 Å². The molecule has 0 rings (SSSR count). The molecule has 0 saturated heterocycles. The van der Waals surface area contributed by atoms with Crippen LogP contribution in [0, 0.1) is 0 Å². The SMILES string of the molecule is CCCCN(CCCC)C(=O)N[C@@H](CC(N)=O)C(=O)O. The molecule has 0 spiro atoms. The second-order valence-corrected chi connectivity index (χ2v) is 4.70. The predicted molar refractivity (Wildman–Crippen MR) is 75.2 cm³/mol. The van der Waals surface area contributed by atoms with E-state index in [-0.39, 0.29) is 0 Å². The molecular formula is C13H25N3O4. The molecule has 116 valence electrons. The van der Waals surface area contributed by atoms with Crippen LogP contribution in [0.4, 0.5) is 4.79 Å². The number of carbonyl (C=O) groups excluding carboxylic acids is 2. The van der Waals surface area contributed by atoms with E-state index in [1.807, 2.05) is 13.8 Å². The molecule has 7 heteroatoms. The van der Waals surface area contributed by atoms with Crippen LogP contribution in [0.5, 0.6) is 0 Å². The normalized spacial score (nSPS) is 11.7. The number of hydrogen-bond acceptors (Lipinski definition) is 3. The zero-order valence-electron chi connectivity index (χ0n) is 12.2. The van der Waals surface area contributed by atoms with E-state index in [4.69, 9.17) is 10.8 Å². The summed E-state index contributed by atoms with van der Waals surface area (Å²) in [5.74, 6) is -2.02. The van der Waals surface area contributed by atoms with Gasteiger partial charge in [0.2, 0.25) is 5.91 Å². The minimum Gasteiger partial charge on any atom is -0.480 e. The van der Waals surface area contributed by atoms with E-state index in [1.165, 1.54) is 0 Å². The number of rotatable bonds is 10. The van der Waals surface area contributed by atoms with E-state index < -0.39 is 30.4 Å². The van der Waals surface area contributed by atoms with Crippen molar-refractivity contribution >= 4 is 17.9 Å². The summed E-state index contributed by atoms with van der Waals surface area (Å²) in [7, 11) is 0. The molecule has 1 atom stereocenters. The molecule has 0 unspecified atom stereocenters. The van der Waals surface area contributed by atoms with Crippen molar-refractivity contribution in [2.45, 2.75) is 52.0 Å². The van der Waals surface area contributed by atoms with E-state index >= 15 is 0 Å². The molecule has 0 aromatic heterocycles. The summed E-state index contributed by atoms with van der Waals surface area (Å²) in [5.41, 5.74) is 4.98. The minimum atomic E-state index is -1.27. The Balaban J connectivity index is 4.59. The summed E-state index contributed by atoms with van der Waals surface area (Å²) in [6.07, 6.45) is 3.19. The van der Waals surface area contributed by atoms with E-state index in [0.717, 1.165) is 25.7 Å². The van der Waals surface area contributed by atoms with Gasteiger partial charge in [0.05, 0.1) is 6.42 Å². The second kappa shape index (κ2) is 10.1. The highest BCUT2D eigenvalue weighted by Gasteiger charge is 2.24. The van der Waals surface area contributed by atoms with Gasteiger partial charge >= 0.3 is 12.0 Å². The maximum atomic E-state index is 12.1. The summed E-state index contributed by atoms with van der Waals surface area (Å²) in [6.45, 7) is 5.18. The highest BCUT2D eigenvalue weighted by molar-refractivity contribution is 5.87. The summed E-state index contributed by atoms with van der Waals surface area (Å²) >= 11 is 0. The van der Waals surface area contributed by atoms with Crippen molar-refractivity contribution in [2.75, 3.05) is 13.1 Å². The van der Waals surface area contributed by atoms with E-state index in [9.17, 15) is 14.4 Å². The number of carboxylic acids is 1. The maximum Gasteiger partial charge on any atom is 0.326 e. The standard InChI is InChI=1S/C13H25N3O4/c1-3-5-7-16(8-6-4-2)13(20)15-10(12(18)19)9-11(14)17/h10H,3-9H2,1-2H3,(H2,14,17)(H,15,20)(H,18,19)/t10-/m0/s1.